The molecule has 0 aliphatic heterocycles. The monoisotopic (exact) mass is 328 g/mol. The molecule has 18 heavy (non-hydrogen) atoms. The van der Waals surface area contributed by atoms with Crippen molar-refractivity contribution >= 4 is 39.3 Å². The second-order valence-electron chi connectivity index (χ2n) is 3.51. The van der Waals surface area contributed by atoms with E-state index in [0.29, 0.717) is 27.7 Å². The van der Waals surface area contributed by atoms with Crippen LogP contribution >= 0.6 is 27.5 Å². The van der Waals surface area contributed by atoms with Crippen LogP contribution in [0, 0.1) is 0 Å². The number of aromatic nitrogens is 3. The van der Waals surface area contributed by atoms with Crippen LogP contribution < -0.4 is 5.32 Å². The summed E-state index contributed by atoms with van der Waals surface area (Å²) in [6, 6.07) is 1.62. The van der Waals surface area contributed by atoms with Crippen molar-refractivity contribution in [2.75, 3.05) is 5.32 Å². The Hall–Kier alpha value is -1.40. The van der Waals surface area contributed by atoms with Gasteiger partial charge in [0.1, 0.15) is 10.3 Å². The third-order valence-corrected chi connectivity index (χ3v) is 2.91. The van der Waals surface area contributed by atoms with Crippen molar-refractivity contribution in [3.05, 3.63) is 40.0 Å². The average molecular weight is 330 g/mol. The number of hydrogen-bond acceptors (Lipinski definition) is 3. The van der Waals surface area contributed by atoms with Crippen LogP contribution in [0.1, 0.15) is 17.4 Å². The van der Waals surface area contributed by atoms with Gasteiger partial charge in [0.05, 0.1) is 17.4 Å². The number of aryl methyl sites for hydroxylation is 1. The van der Waals surface area contributed by atoms with Gasteiger partial charge >= 0.3 is 0 Å². The molecule has 7 heteroatoms. The van der Waals surface area contributed by atoms with E-state index in [4.69, 9.17) is 11.6 Å². The fraction of sp³-hybridized carbons (Fsp3) is 0.182. The summed E-state index contributed by atoms with van der Waals surface area (Å²) in [5.74, 6) is 0.128. The van der Waals surface area contributed by atoms with Crippen molar-refractivity contribution in [1.82, 2.24) is 14.5 Å². The van der Waals surface area contributed by atoms with Gasteiger partial charge in [-0.05, 0) is 28.9 Å². The van der Waals surface area contributed by atoms with E-state index in [1.54, 1.807) is 16.8 Å². The van der Waals surface area contributed by atoms with Crippen molar-refractivity contribution in [2.24, 2.45) is 0 Å². The van der Waals surface area contributed by atoms with Gasteiger partial charge in [-0.15, -0.1) is 0 Å². The minimum atomic E-state index is -0.264. The van der Waals surface area contributed by atoms with E-state index in [0.717, 1.165) is 0 Å². The fourth-order valence-electron chi connectivity index (χ4n) is 1.48. The number of carbonyl (C=O) groups is 1. The van der Waals surface area contributed by atoms with Crippen LogP contribution in [0.3, 0.4) is 0 Å². The average Bonchev–Trinajstić information content (AvgIpc) is 2.73. The van der Waals surface area contributed by atoms with Crippen LogP contribution in [0.15, 0.2) is 29.3 Å². The molecular weight excluding hydrogens is 320 g/mol. The number of hydrogen-bond donors (Lipinski definition) is 1. The summed E-state index contributed by atoms with van der Waals surface area (Å²) in [4.78, 5) is 20.0. The lowest BCUT2D eigenvalue weighted by atomic mass is 10.4. The predicted octanol–water partition coefficient (Wildman–Crippen LogP) is 2.97. The van der Waals surface area contributed by atoms with Gasteiger partial charge in [0.2, 0.25) is 0 Å². The SMILES string of the molecule is CCn1cc(Cl)cc1C(=O)Nc1cnc(Br)cn1. The smallest absolute Gasteiger partial charge is 0.273 e. The second kappa shape index (κ2) is 5.49. The highest BCUT2D eigenvalue weighted by atomic mass is 79.9. The molecule has 2 heterocycles. The number of nitrogens with zero attached hydrogens (tertiary/aromatic N) is 3. The molecule has 94 valence electrons. The molecule has 2 rings (SSSR count). The number of nitrogens with one attached hydrogen (secondary N) is 1. The van der Waals surface area contributed by atoms with Gasteiger partial charge in [-0.2, -0.15) is 0 Å². The molecule has 0 fully saturated rings. The molecule has 0 aliphatic carbocycles. The van der Waals surface area contributed by atoms with Crippen LogP contribution in [0.25, 0.3) is 0 Å². The lowest BCUT2D eigenvalue weighted by Crippen LogP contribution is -2.17. The molecule has 1 amide bonds. The number of carbonyl (C=O) groups excluding carboxylic acids is 1. The normalized spacial score (nSPS) is 10.4. The van der Waals surface area contributed by atoms with Crippen molar-refractivity contribution in [1.29, 1.82) is 0 Å². The molecule has 0 saturated carbocycles. The first-order valence-corrected chi connectivity index (χ1v) is 6.42. The van der Waals surface area contributed by atoms with Crippen molar-refractivity contribution in [3.63, 3.8) is 0 Å². The molecule has 0 spiro atoms. The van der Waals surface area contributed by atoms with Crippen molar-refractivity contribution < 1.29 is 4.79 Å². The Bertz CT molecular complexity index is 567. The number of halogens is 2. The van der Waals surface area contributed by atoms with E-state index < -0.39 is 0 Å². The van der Waals surface area contributed by atoms with E-state index in [-0.39, 0.29) is 5.91 Å². The van der Waals surface area contributed by atoms with Crippen LogP contribution in [0.4, 0.5) is 5.82 Å². The highest BCUT2D eigenvalue weighted by Gasteiger charge is 2.13. The molecular formula is C11H10BrClN4O. The molecule has 0 bridgehead atoms. The Morgan fingerprint density at radius 2 is 2.28 bits per heavy atom. The topological polar surface area (TPSA) is 59.8 Å². The highest BCUT2D eigenvalue weighted by Crippen LogP contribution is 2.15. The summed E-state index contributed by atoms with van der Waals surface area (Å²) in [5.41, 5.74) is 0.493. The minimum Gasteiger partial charge on any atom is -0.342 e. The highest BCUT2D eigenvalue weighted by molar-refractivity contribution is 9.10. The zero-order chi connectivity index (χ0) is 13.1. The lowest BCUT2D eigenvalue weighted by Gasteiger charge is -2.06. The Morgan fingerprint density at radius 1 is 1.50 bits per heavy atom. The summed E-state index contributed by atoms with van der Waals surface area (Å²) < 4.78 is 2.38. The lowest BCUT2D eigenvalue weighted by molar-refractivity contribution is 0.101. The molecule has 0 atom stereocenters. The van der Waals surface area contributed by atoms with Gasteiger partial charge in [-0.1, -0.05) is 11.6 Å². The molecule has 1 N–H and O–H groups in total. The largest absolute Gasteiger partial charge is 0.342 e. The molecule has 2 aromatic heterocycles. The van der Waals surface area contributed by atoms with Gasteiger partial charge in [0.25, 0.3) is 5.91 Å². The van der Waals surface area contributed by atoms with E-state index >= 15 is 0 Å². The summed E-state index contributed by atoms with van der Waals surface area (Å²) in [5, 5.41) is 3.19. The van der Waals surface area contributed by atoms with Crippen LogP contribution in [-0.2, 0) is 6.54 Å². The third kappa shape index (κ3) is 2.88. The maximum atomic E-state index is 12.0. The second-order valence-corrected chi connectivity index (χ2v) is 4.76. The zero-order valence-corrected chi connectivity index (χ0v) is 11.9. The minimum absolute atomic E-state index is 0.264. The molecule has 0 aromatic carbocycles. The maximum Gasteiger partial charge on any atom is 0.273 e. The standard InChI is InChI=1S/C11H10BrClN4O/c1-2-17-6-7(13)3-8(17)11(18)16-10-5-14-9(12)4-15-10/h3-6H,2H2,1H3,(H,15,16,18). The number of anilines is 1. The van der Waals surface area contributed by atoms with Gasteiger partial charge in [0, 0.05) is 12.7 Å². The Labute approximate surface area is 117 Å². The van der Waals surface area contributed by atoms with Crippen molar-refractivity contribution in [2.45, 2.75) is 13.5 Å². The molecule has 0 saturated heterocycles. The van der Waals surface area contributed by atoms with Gasteiger partial charge in [0.15, 0.2) is 5.82 Å². The third-order valence-electron chi connectivity index (χ3n) is 2.30. The first-order valence-electron chi connectivity index (χ1n) is 5.24. The quantitative estimate of drug-likeness (QED) is 0.942. The van der Waals surface area contributed by atoms with E-state index in [1.807, 2.05) is 6.92 Å². The van der Waals surface area contributed by atoms with Crippen LogP contribution in [0.5, 0.6) is 0 Å². The zero-order valence-electron chi connectivity index (χ0n) is 9.52. The summed E-state index contributed by atoms with van der Waals surface area (Å²) in [6.45, 7) is 2.61. The molecule has 0 aliphatic rings. The van der Waals surface area contributed by atoms with Crippen LogP contribution in [0.2, 0.25) is 5.02 Å². The van der Waals surface area contributed by atoms with Crippen LogP contribution in [-0.4, -0.2) is 20.4 Å². The first kappa shape index (κ1) is 13.0. The van der Waals surface area contributed by atoms with Gasteiger partial charge in [-0.3, -0.25) is 4.79 Å². The Morgan fingerprint density at radius 3 is 2.89 bits per heavy atom. The predicted molar refractivity (Wildman–Crippen MR) is 72.8 cm³/mol. The van der Waals surface area contributed by atoms with E-state index in [1.165, 1.54) is 12.4 Å². The number of rotatable bonds is 3. The summed E-state index contributed by atoms with van der Waals surface area (Å²) in [6.07, 6.45) is 4.70. The van der Waals surface area contributed by atoms with E-state index in [2.05, 4.69) is 31.2 Å². The van der Waals surface area contributed by atoms with Gasteiger partial charge < -0.3 is 9.88 Å². The summed E-state index contributed by atoms with van der Waals surface area (Å²) >= 11 is 9.05. The van der Waals surface area contributed by atoms with Gasteiger partial charge in [-0.25, -0.2) is 9.97 Å². The van der Waals surface area contributed by atoms with Crippen molar-refractivity contribution in [3.8, 4) is 0 Å². The maximum absolute atomic E-state index is 12.0. The molecule has 0 unspecified atom stereocenters. The summed E-state index contributed by atoms with van der Waals surface area (Å²) in [7, 11) is 0. The Balaban J connectivity index is 2.19. The van der Waals surface area contributed by atoms with E-state index in [9.17, 15) is 4.79 Å². The first-order chi connectivity index (χ1) is 8.60. The number of amides is 1. The Kier molecular flexibility index (Phi) is 3.98. The fourth-order valence-corrected chi connectivity index (χ4v) is 1.91. The molecule has 2 aromatic rings. The molecule has 0 radical (unpaired) electrons. The molecule has 5 nitrogen and oxygen atoms in total.